The van der Waals surface area contributed by atoms with Crippen LogP contribution in [0.25, 0.3) is 44.6 Å². The van der Waals surface area contributed by atoms with Gasteiger partial charge in [-0.3, -0.25) is 19.9 Å². The largest absolute Gasteiger partial charge is 0.363 e. The van der Waals surface area contributed by atoms with E-state index in [0.717, 1.165) is 48.0 Å². The lowest BCUT2D eigenvalue weighted by molar-refractivity contribution is 0.423. The van der Waals surface area contributed by atoms with Gasteiger partial charge in [0.25, 0.3) is 5.56 Å². The molecule has 4 heterocycles. The van der Waals surface area contributed by atoms with Gasteiger partial charge in [-0.25, -0.2) is 4.98 Å². The average Bonchev–Trinajstić information content (AvgIpc) is 3.62. The molecule has 0 radical (unpaired) electrons. The number of hydrogen-bond donors (Lipinski definition) is 2. The van der Waals surface area contributed by atoms with Crippen molar-refractivity contribution in [1.29, 1.82) is 0 Å². The lowest BCUT2D eigenvalue weighted by atomic mass is 9.92. The van der Waals surface area contributed by atoms with E-state index >= 15 is 0 Å². The summed E-state index contributed by atoms with van der Waals surface area (Å²) in [7, 11) is 0. The van der Waals surface area contributed by atoms with E-state index in [1.807, 2.05) is 48.5 Å². The number of aromatic amines is 1. The Hall–Kier alpha value is -5.05. The van der Waals surface area contributed by atoms with Gasteiger partial charge in [-0.1, -0.05) is 47.6 Å². The Labute approximate surface area is 216 Å². The predicted molar refractivity (Wildman–Crippen MR) is 146 cm³/mol. The van der Waals surface area contributed by atoms with E-state index in [-0.39, 0.29) is 5.56 Å². The van der Waals surface area contributed by atoms with Crippen LogP contribution in [0.2, 0.25) is 0 Å². The minimum atomic E-state index is -0.232. The third kappa shape index (κ3) is 3.76. The summed E-state index contributed by atoms with van der Waals surface area (Å²) >= 11 is 0. The number of fused-ring (bicyclic) bond motifs is 2. The van der Waals surface area contributed by atoms with Crippen LogP contribution in [0.3, 0.4) is 0 Å². The third-order valence-electron chi connectivity index (χ3n) is 6.90. The molecular weight excluding hydrogens is 478 g/mol. The molecule has 6 aromatic rings. The first-order valence-corrected chi connectivity index (χ1v) is 12.6. The van der Waals surface area contributed by atoms with Gasteiger partial charge >= 0.3 is 0 Å². The van der Waals surface area contributed by atoms with E-state index in [4.69, 9.17) is 9.51 Å². The number of anilines is 2. The highest BCUT2D eigenvalue weighted by molar-refractivity contribution is 5.90. The molecule has 4 aromatic heterocycles. The number of H-pyrrole nitrogens is 1. The van der Waals surface area contributed by atoms with E-state index in [1.165, 1.54) is 11.8 Å². The summed E-state index contributed by atoms with van der Waals surface area (Å²) in [6, 6.07) is 17.3. The normalized spacial score (nSPS) is 13.6. The molecule has 0 saturated heterocycles. The first-order chi connectivity index (χ1) is 18.8. The smallest absolute Gasteiger partial charge is 0.282 e. The highest BCUT2D eigenvalue weighted by Crippen LogP contribution is 2.37. The lowest BCUT2D eigenvalue weighted by Gasteiger charge is -2.14. The molecule has 2 aromatic carbocycles. The maximum atomic E-state index is 14.2. The minimum absolute atomic E-state index is 0.232. The molecule has 186 valence electrons. The number of nitrogens with one attached hydrogen (secondary N) is 2. The Bertz CT molecular complexity index is 1870. The Morgan fingerprint density at radius 3 is 2.58 bits per heavy atom. The van der Waals surface area contributed by atoms with Crippen LogP contribution >= 0.6 is 0 Å². The first kappa shape index (κ1) is 22.2. The van der Waals surface area contributed by atoms with Gasteiger partial charge in [0.2, 0.25) is 0 Å². The van der Waals surface area contributed by atoms with Crippen molar-refractivity contribution in [3.05, 3.63) is 95.2 Å². The summed E-state index contributed by atoms with van der Waals surface area (Å²) in [5.74, 6) is 0.851. The van der Waals surface area contributed by atoms with E-state index in [0.29, 0.717) is 33.9 Å². The van der Waals surface area contributed by atoms with Crippen molar-refractivity contribution >= 4 is 33.9 Å². The summed E-state index contributed by atoms with van der Waals surface area (Å²) in [6.07, 6.45) is 11.2. The summed E-state index contributed by atoms with van der Waals surface area (Å²) in [6.45, 7) is 0. The molecule has 1 aliphatic rings. The first-order valence-electron chi connectivity index (χ1n) is 12.6. The molecule has 0 bridgehead atoms. The quantitative estimate of drug-likeness (QED) is 0.298. The molecule has 38 heavy (non-hydrogen) atoms. The average molecular weight is 502 g/mol. The van der Waals surface area contributed by atoms with Crippen molar-refractivity contribution in [2.24, 2.45) is 0 Å². The van der Waals surface area contributed by atoms with Gasteiger partial charge in [0.15, 0.2) is 11.5 Å². The number of rotatable bonds is 5. The minimum Gasteiger partial charge on any atom is -0.363 e. The fourth-order valence-corrected chi connectivity index (χ4v) is 5.12. The summed E-state index contributed by atoms with van der Waals surface area (Å²) in [5, 5.41) is 10.6. The van der Waals surface area contributed by atoms with Crippen molar-refractivity contribution in [3.63, 3.8) is 0 Å². The highest BCUT2D eigenvalue weighted by atomic mass is 16.5. The monoisotopic (exact) mass is 501 g/mol. The number of aromatic nitrogens is 6. The molecule has 0 atom stereocenters. The fourth-order valence-electron chi connectivity index (χ4n) is 5.12. The summed E-state index contributed by atoms with van der Waals surface area (Å²) < 4.78 is 6.58. The molecule has 0 aliphatic heterocycles. The molecule has 0 saturated carbocycles. The van der Waals surface area contributed by atoms with Gasteiger partial charge in [-0.2, -0.15) is 4.52 Å². The molecular formula is C29H23N7O2. The molecule has 0 amide bonds. The zero-order chi connectivity index (χ0) is 25.5. The van der Waals surface area contributed by atoms with E-state index in [9.17, 15) is 4.79 Å². The van der Waals surface area contributed by atoms with Gasteiger partial charge in [-0.05, 0) is 49.0 Å². The van der Waals surface area contributed by atoms with Crippen molar-refractivity contribution in [1.82, 2.24) is 29.7 Å². The molecule has 0 unspecified atom stereocenters. The zero-order valence-corrected chi connectivity index (χ0v) is 20.4. The molecule has 0 spiro atoms. The molecule has 0 fully saturated rings. The fraction of sp³-hybridized carbons (Fsp3) is 0.138. The SMILES string of the molecule is O=c1c(-c2ccc3nccnc3c2)c(Nc2ccon2)nc2c(C3=CCCCC3)c(-c3ccccc3)[nH]n12. The van der Waals surface area contributed by atoms with Gasteiger partial charge in [-0.15, -0.1) is 0 Å². The molecule has 7 rings (SSSR count). The number of hydrogen-bond acceptors (Lipinski definition) is 7. The Kier molecular flexibility index (Phi) is 5.32. The lowest BCUT2D eigenvalue weighted by Crippen LogP contribution is -2.20. The predicted octanol–water partition coefficient (Wildman–Crippen LogP) is 5.99. The van der Waals surface area contributed by atoms with E-state index < -0.39 is 0 Å². The van der Waals surface area contributed by atoms with Gasteiger partial charge in [0.1, 0.15) is 12.1 Å². The highest BCUT2D eigenvalue weighted by Gasteiger charge is 2.24. The van der Waals surface area contributed by atoms with Crippen LogP contribution < -0.4 is 10.9 Å². The second kappa shape index (κ2) is 9.11. The van der Waals surface area contributed by atoms with Crippen LogP contribution in [-0.4, -0.2) is 29.7 Å². The Morgan fingerprint density at radius 1 is 0.921 bits per heavy atom. The number of allylic oxidation sites excluding steroid dienone is 2. The zero-order valence-electron chi connectivity index (χ0n) is 20.4. The van der Waals surface area contributed by atoms with Crippen molar-refractivity contribution in [3.8, 4) is 22.4 Å². The standard InChI is InChI=1S/C29H23N7O2/c37-29-25(20-11-12-21-22(17-20)31-15-14-30-21)27(32-23-13-16-38-35-23)33-28-24(18-7-3-1-4-8-18)26(34-36(28)29)19-9-5-2-6-10-19/h2,5-7,9-17,34H,1,3-4,8H2,(H,32,35). The maximum Gasteiger partial charge on any atom is 0.282 e. The Morgan fingerprint density at radius 2 is 1.79 bits per heavy atom. The Balaban J connectivity index is 1.54. The topological polar surface area (TPSA) is 114 Å². The second-order valence-corrected chi connectivity index (χ2v) is 9.27. The van der Waals surface area contributed by atoms with Crippen LogP contribution in [0.1, 0.15) is 31.2 Å². The van der Waals surface area contributed by atoms with Crippen molar-refractivity contribution in [2.75, 3.05) is 5.32 Å². The number of nitrogens with zero attached hydrogens (tertiary/aromatic N) is 5. The maximum absolute atomic E-state index is 14.2. The summed E-state index contributed by atoms with van der Waals surface area (Å²) in [4.78, 5) is 28.1. The van der Waals surface area contributed by atoms with Crippen LogP contribution in [0.15, 0.2) is 88.6 Å². The number of benzene rings is 2. The van der Waals surface area contributed by atoms with Crippen LogP contribution in [0.4, 0.5) is 11.6 Å². The second-order valence-electron chi connectivity index (χ2n) is 9.27. The van der Waals surface area contributed by atoms with E-state index in [2.05, 4.69) is 31.6 Å². The molecule has 9 heteroatoms. The molecule has 2 N–H and O–H groups in total. The third-order valence-corrected chi connectivity index (χ3v) is 6.90. The van der Waals surface area contributed by atoms with Gasteiger partial charge in [0.05, 0.1) is 22.3 Å². The summed E-state index contributed by atoms with van der Waals surface area (Å²) in [5.41, 5.74) is 6.84. The van der Waals surface area contributed by atoms with Crippen LogP contribution in [0.5, 0.6) is 0 Å². The van der Waals surface area contributed by atoms with Gasteiger partial charge < -0.3 is 9.84 Å². The van der Waals surface area contributed by atoms with E-state index in [1.54, 1.807) is 23.0 Å². The van der Waals surface area contributed by atoms with Crippen LogP contribution in [-0.2, 0) is 0 Å². The van der Waals surface area contributed by atoms with Crippen molar-refractivity contribution < 1.29 is 4.52 Å². The van der Waals surface area contributed by atoms with Crippen molar-refractivity contribution in [2.45, 2.75) is 25.7 Å². The molecule has 9 nitrogen and oxygen atoms in total. The molecule has 1 aliphatic carbocycles. The van der Waals surface area contributed by atoms with Gasteiger partial charge in [0, 0.05) is 29.6 Å². The van der Waals surface area contributed by atoms with Crippen LogP contribution in [0, 0.1) is 0 Å².